The van der Waals surface area contributed by atoms with Gasteiger partial charge in [0.2, 0.25) is 0 Å². The fourth-order valence-corrected chi connectivity index (χ4v) is 3.81. The van der Waals surface area contributed by atoms with Gasteiger partial charge in [-0.15, -0.1) is 0 Å². The third kappa shape index (κ3) is 5.38. The van der Waals surface area contributed by atoms with E-state index in [9.17, 15) is 32.3 Å². The summed E-state index contributed by atoms with van der Waals surface area (Å²) < 4.78 is 59.3. The highest BCUT2D eigenvalue weighted by atomic mass is 19.4. The van der Waals surface area contributed by atoms with Crippen molar-refractivity contribution in [2.45, 2.75) is 24.6 Å². The fourth-order valence-electron chi connectivity index (χ4n) is 3.81. The number of H-pyrrole nitrogens is 1. The molecule has 188 valence electrons. The summed E-state index contributed by atoms with van der Waals surface area (Å²) in [5, 5.41) is 0. The molecule has 1 saturated heterocycles. The normalized spacial score (nSPS) is 21.6. The third-order valence-electron chi connectivity index (χ3n) is 5.49. The molecular weight excluding hydrogens is 485 g/mol. The molecule has 2 aromatic carbocycles. The van der Waals surface area contributed by atoms with Gasteiger partial charge in [-0.25, -0.2) is 14.4 Å². The second kappa shape index (κ2) is 10.2. The average Bonchev–Trinajstić information content (AvgIpc) is 3.21. The lowest BCUT2D eigenvalue weighted by molar-refractivity contribution is -0.211. The van der Waals surface area contributed by atoms with Crippen LogP contribution in [0.1, 0.15) is 26.9 Å². The van der Waals surface area contributed by atoms with Crippen molar-refractivity contribution in [1.29, 1.82) is 0 Å². The van der Waals surface area contributed by atoms with Crippen LogP contribution in [0.4, 0.5) is 13.2 Å². The Hall–Kier alpha value is -4.19. The van der Waals surface area contributed by atoms with Crippen molar-refractivity contribution in [1.82, 2.24) is 9.55 Å². The Morgan fingerprint density at radius 2 is 1.50 bits per heavy atom. The van der Waals surface area contributed by atoms with E-state index in [1.165, 1.54) is 36.4 Å². The maximum atomic E-state index is 14.3. The maximum Gasteiger partial charge on any atom is 0.399 e. The molecule has 12 heteroatoms. The molecule has 4 rings (SSSR count). The lowest BCUT2D eigenvalue weighted by Crippen LogP contribution is -2.44. The maximum absolute atomic E-state index is 14.3. The third-order valence-corrected chi connectivity index (χ3v) is 5.49. The molecule has 0 spiro atoms. The molecule has 36 heavy (non-hydrogen) atoms. The van der Waals surface area contributed by atoms with Crippen molar-refractivity contribution in [2.24, 2.45) is 5.92 Å². The molecule has 1 fully saturated rings. The minimum absolute atomic E-state index is 0.0110. The Morgan fingerprint density at radius 3 is 2.06 bits per heavy atom. The van der Waals surface area contributed by atoms with Crippen molar-refractivity contribution in [3.63, 3.8) is 0 Å². The van der Waals surface area contributed by atoms with E-state index in [1.807, 2.05) is 4.98 Å². The van der Waals surface area contributed by atoms with Crippen LogP contribution >= 0.6 is 0 Å². The summed E-state index contributed by atoms with van der Waals surface area (Å²) in [6.07, 6.45) is -9.74. The predicted octanol–water partition coefficient (Wildman–Crippen LogP) is 2.70. The molecule has 9 nitrogen and oxygen atoms in total. The number of aromatic amines is 1. The SMILES string of the molecule is O=C(OC[C@H]1O[C@H](n2ccc(=O)[nH]c2=O)[C@H](C(F)(F)F)[C@@H]1OC(=O)c1ccccc1)c1ccccc1. The highest BCUT2D eigenvalue weighted by Gasteiger charge is 2.61. The summed E-state index contributed by atoms with van der Waals surface area (Å²) >= 11 is 0. The van der Waals surface area contributed by atoms with Crippen LogP contribution in [-0.4, -0.2) is 46.5 Å². The number of alkyl halides is 3. The Morgan fingerprint density at radius 1 is 0.917 bits per heavy atom. The first kappa shape index (κ1) is 24.9. The monoisotopic (exact) mass is 504 g/mol. The van der Waals surface area contributed by atoms with Crippen molar-refractivity contribution in [2.75, 3.05) is 6.61 Å². The van der Waals surface area contributed by atoms with Gasteiger partial charge in [0.1, 0.15) is 24.7 Å². The van der Waals surface area contributed by atoms with Gasteiger partial charge in [-0.3, -0.25) is 14.3 Å². The number of benzene rings is 2. The summed E-state index contributed by atoms with van der Waals surface area (Å²) in [4.78, 5) is 50.6. The van der Waals surface area contributed by atoms with Crippen LogP contribution in [-0.2, 0) is 14.2 Å². The second-order valence-electron chi connectivity index (χ2n) is 7.85. The van der Waals surface area contributed by atoms with Crippen LogP contribution in [0.3, 0.4) is 0 Å². The first-order valence-corrected chi connectivity index (χ1v) is 10.7. The van der Waals surface area contributed by atoms with Gasteiger partial charge < -0.3 is 14.2 Å². The molecule has 2 heterocycles. The molecule has 4 atom stereocenters. The first-order valence-electron chi connectivity index (χ1n) is 10.7. The lowest BCUT2D eigenvalue weighted by Gasteiger charge is -2.26. The van der Waals surface area contributed by atoms with E-state index in [-0.39, 0.29) is 11.1 Å². The number of nitrogens with zero attached hydrogens (tertiary/aromatic N) is 1. The summed E-state index contributed by atoms with van der Waals surface area (Å²) in [5.41, 5.74) is -1.84. The quantitative estimate of drug-likeness (QED) is 0.513. The molecule has 0 aliphatic carbocycles. The highest BCUT2D eigenvalue weighted by Crippen LogP contribution is 2.46. The van der Waals surface area contributed by atoms with Crippen LogP contribution in [0.25, 0.3) is 0 Å². The van der Waals surface area contributed by atoms with Gasteiger partial charge in [-0.05, 0) is 24.3 Å². The van der Waals surface area contributed by atoms with Gasteiger partial charge in [0.05, 0.1) is 11.1 Å². The number of carbonyl (C=O) groups is 2. The van der Waals surface area contributed by atoms with Gasteiger partial charge in [0.25, 0.3) is 5.56 Å². The highest BCUT2D eigenvalue weighted by molar-refractivity contribution is 5.90. The Labute approximate surface area is 201 Å². The number of hydrogen-bond donors (Lipinski definition) is 1. The number of hydrogen-bond acceptors (Lipinski definition) is 7. The summed E-state index contributed by atoms with van der Waals surface area (Å²) in [6, 6.07) is 15.9. The summed E-state index contributed by atoms with van der Waals surface area (Å²) in [6.45, 7) is -0.707. The van der Waals surface area contributed by atoms with Crippen LogP contribution in [0, 0.1) is 5.92 Å². The van der Waals surface area contributed by atoms with Crippen molar-refractivity contribution >= 4 is 11.9 Å². The van der Waals surface area contributed by atoms with E-state index in [4.69, 9.17) is 14.2 Å². The number of esters is 2. The molecule has 0 unspecified atom stereocenters. The van der Waals surface area contributed by atoms with Crippen LogP contribution in [0.5, 0.6) is 0 Å². The molecule has 0 radical (unpaired) electrons. The molecule has 0 saturated carbocycles. The zero-order valence-electron chi connectivity index (χ0n) is 18.4. The molecule has 1 aromatic heterocycles. The van der Waals surface area contributed by atoms with Crippen molar-refractivity contribution in [3.8, 4) is 0 Å². The molecule has 0 amide bonds. The average molecular weight is 504 g/mol. The number of nitrogens with one attached hydrogen (secondary N) is 1. The topological polar surface area (TPSA) is 117 Å². The fraction of sp³-hybridized carbons (Fsp3) is 0.250. The number of aromatic nitrogens is 2. The van der Waals surface area contributed by atoms with Crippen molar-refractivity contribution < 1.29 is 37.0 Å². The van der Waals surface area contributed by atoms with Gasteiger partial charge in [-0.2, -0.15) is 13.2 Å². The molecule has 1 aliphatic heterocycles. The first-order chi connectivity index (χ1) is 17.1. The summed E-state index contributed by atoms with van der Waals surface area (Å²) in [5.74, 6) is -4.41. The standard InChI is InChI=1S/C24H19F3N2O7/c25-24(26,27)18-19(36-22(32)15-9-5-2-6-10-15)16(13-34-21(31)14-7-3-1-4-8-14)35-20(18)29-12-11-17(30)28-23(29)33/h1-12,16,18-20H,13H2,(H,28,30,33)/t16-,18-,19-,20+/m1/s1. The number of ether oxygens (including phenoxy) is 3. The Balaban J connectivity index is 1.67. The van der Waals surface area contributed by atoms with Gasteiger partial charge >= 0.3 is 23.8 Å². The number of rotatable bonds is 6. The zero-order chi connectivity index (χ0) is 25.9. The zero-order valence-corrected chi connectivity index (χ0v) is 18.4. The molecule has 3 aromatic rings. The van der Waals surface area contributed by atoms with E-state index in [2.05, 4.69) is 0 Å². The Kier molecular flexibility index (Phi) is 7.06. The molecule has 0 bridgehead atoms. The molecule has 1 N–H and O–H groups in total. The molecule has 1 aliphatic rings. The van der Waals surface area contributed by atoms with Gasteiger partial charge in [-0.1, -0.05) is 36.4 Å². The van der Waals surface area contributed by atoms with E-state index in [0.29, 0.717) is 4.57 Å². The molecular formula is C24H19F3N2O7. The van der Waals surface area contributed by atoms with E-state index >= 15 is 0 Å². The van der Waals surface area contributed by atoms with E-state index < -0.39 is 60.3 Å². The lowest BCUT2D eigenvalue weighted by atomic mass is 9.98. The Bertz CT molecular complexity index is 1340. The van der Waals surface area contributed by atoms with Crippen LogP contribution in [0.15, 0.2) is 82.5 Å². The number of halogens is 3. The smallest absolute Gasteiger partial charge is 0.399 e. The summed E-state index contributed by atoms with van der Waals surface area (Å²) in [7, 11) is 0. The van der Waals surface area contributed by atoms with Gasteiger partial charge in [0.15, 0.2) is 6.23 Å². The van der Waals surface area contributed by atoms with E-state index in [0.717, 1.165) is 12.3 Å². The van der Waals surface area contributed by atoms with Crippen LogP contribution in [0.2, 0.25) is 0 Å². The minimum atomic E-state index is -5.01. The van der Waals surface area contributed by atoms with Gasteiger partial charge in [0, 0.05) is 12.3 Å². The number of carbonyl (C=O) groups excluding carboxylic acids is 2. The second-order valence-corrected chi connectivity index (χ2v) is 7.85. The van der Waals surface area contributed by atoms with Crippen molar-refractivity contribution in [3.05, 3.63) is 105 Å². The predicted molar refractivity (Wildman–Crippen MR) is 117 cm³/mol. The largest absolute Gasteiger partial charge is 0.459 e. The minimum Gasteiger partial charge on any atom is -0.459 e. The van der Waals surface area contributed by atoms with Crippen LogP contribution < -0.4 is 11.2 Å². The van der Waals surface area contributed by atoms with E-state index in [1.54, 1.807) is 24.3 Å².